The monoisotopic (exact) mass is 371 g/mol. The molecule has 6 heteroatoms. The van der Waals surface area contributed by atoms with Crippen LogP contribution in [0.5, 0.6) is 0 Å². The number of amides is 1. The lowest BCUT2D eigenvalue weighted by Gasteiger charge is -2.11. The average molecular weight is 371 g/mol. The van der Waals surface area contributed by atoms with Gasteiger partial charge >= 0.3 is 0 Å². The zero-order chi connectivity index (χ0) is 19.7. The summed E-state index contributed by atoms with van der Waals surface area (Å²) in [5.41, 5.74) is 4.02. The third kappa shape index (κ3) is 3.32. The third-order valence-corrected chi connectivity index (χ3v) is 4.56. The van der Waals surface area contributed by atoms with E-state index in [9.17, 15) is 4.79 Å². The second-order valence-electron chi connectivity index (χ2n) is 6.79. The number of rotatable bonds is 4. The van der Waals surface area contributed by atoms with Gasteiger partial charge in [0.1, 0.15) is 11.6 Å². The molecule has 1 N–H and O–H groups in total. The molecule has 0 radical (unpaired) electrons. The molecule has 28 heavy (non-hydrogen) atoms. The summed E-state index contributed by atoms with van der Waals surface area (Å²) >= 11 is 0. The molecule has 0 unspecified atom stereocenters. The van der Waals surface area contributed by atoms with Crippen molar-refractivity contribution in [1.82, 2.24) is 14.5 Å². The van der Waals surface area contributed by atoms with Crippen LogP contribution in [0.15, 0.2) is 66.9 Å². The van der Waals surface area contributed by atoms with Gasteiger partial charge in [-0.3, -0.25) is 9.36 Å². The Hall–Kier alpha value is -3.67. The lowest BCUT2D eigenvalue weighted by Crippen LogP contribution is -2.13. The largest absolute Gasteiger partial charge is 0.363 e. The molecular weight excluding hydrogens is 350 g/mol. The van der Waals surface area contributed by atoms with Crippen LogP contribution in [0.3, 0.4) is 0 Å². The van der Waals surface area contributed by atoms with E-state index in [1.807, 2.05) is 86.6 Å². The third-order valence-electron chi connectivity index (χ3n) is 4.56. The molecule has 1 amide bonds. The maximum absolute atomic E-state index is 12.7. The summed E-state index contributed by atoms with van der Waals surface area (Å²) in [6.07, 6.45) is 1.65. The Morgan fingerprint density at radius 3 is 2.50 bits per heavy atom. The number of pyridine rings is 1. The highest BCUT2D eigenvalue weighted by Crippen LogP contribution is 2.23. The van der Waals surface area contributed by atoms with Crippen LogP contribution in [0.2, 0.25) is 0 Å². The van der Waals surface area contributed by atoms with Crippen molar-refractivity contribution in [3.05, 3.63) is 78.2 Å². The Kier molecular flexibility index (Phi) is 4.53. The number of para-hydroxylation sites is 1. The van der Waals surface area contributed by atoms with E-state index >= 15 is 0 Å². The fourth-order valence-electron chi connectivity index (χ4n) is 3.17. The number of imidazole rings is 1. The highest BCUT2D eigenvalue weighted by Gasteiger charge is 2.13. The van der Waals surface area contributed by atoms with Crippen LogP contribution in [0.25, 0.3) is 16.7 Å². The Balaban J connectivity index is 1.62. The van der Waals surface area contributed by atoms with Crippen LogP contribution in [0.1, 0.15) is 16.2 Å². The molecule has 0 spiro atoms. The number of fused-ring (bicyclic) bond motifs is 1. The van der Waals surface area contributed by atoms with Crippen LogP contribution in [-0.2, 0) is 0 Å². The minimum atomic E-state index is -0.187. The molecule has 0 saturated carbocycles. The summed E-state index contributed by atoms with van der Waals surface area (Å²) in [7, 11) is 3.85. The van der Waals surface area contributed by atoms with Crippen molar-refractivity contribution in [3.8, 4) is 5.69 Å². The number of aryl methyl sites for hydroxylation is 1. The molecule has 0 aliphatic heterocycles. The van der Waals surface area contributed by atoms with Gasteiger partial charge in [0.2, 0.25) is 0 Å². The molecule has 4 rings (SSSR count). The van der Waals surface area contributed by atoms with Crippen molar-refractivity contribution in [2.24, 2.45) is 0 Å². The number of aromatic nitrogens is 3. The normalized spacial score (nSPS) is 10.8. The number of hydrogen-bond donors (Lipinski definition) is 1. The van der Waals surface area contributed by atoms with E-state index in [2.05, 4.69) is 19.9 Å². The maximum Gasteiger partial charge on any atom is 0.255 e. The topological polar surface area (TPSA) is 63.1 Å². The number of carbonyl (C=O) groups excluding carboxylic acids is 1. The molecule has 0 aliphatic carbocycles. The minimum absolute atomic E-state index is 0.187. The number of hydrogen-bond acceptors (Lipinski definition) is 4. The van der Waals surface area contributed by atoms with Gasteiger partial charge in [-0.1, -0.05) is 18.2 Å². The molecule has 0 bridgehead atoms. The van der Waals surface area contributed by atoms with E-state index in [-0.39, 0.29) is 5.91 Å². The summed E-state index contributed by atoms with van der Waals surface area (Å²) in [6.45, 7) is 1.96. The van der Waals surface area contributed by atoms with Gasteiger partial charge in [-0.25, -0.2) is 9.97 Å². The Morgan fingerprint density at radius 1 is 1.04 bits per heavy atom. The molecule has 2 aromatic carbocycles. The zero-order valence-electron chi connectivity index (χ0n) is 16.0. The molecule has 0 fully saturated rings. The van der Waals surface area contributed by atoms with Gasteiger partial charge in [-0.15, -0.1) is 0 Å². The molecule has 0 saturated heterocycles. The average Bonchev–Trinajstić information content (AvgIpc) is 3.03. The first-order chi connectivity index (χ1) is 13.5. The smallest absolute Gasteiger partial charge is 0.255 e. The van der Waals surface area contributed by atoms with Crippen LogP contribution < -0.4 is 10.2 Å². The number of carbonyl (C=O) groups is 1. The van der Waals surface area contributed by atoms with E-state index in [4.69, 9.17) is 0 Å². The van der Waals surface area contributed by atoms with Gasteiger partial charge in [-0.2, -0.15) is 0 Å². The molecule has 0 atom stereocenters. The van der Waals surface area contributed by atoms with E-state index in [0.29, 0.717) is 11.3 Å². The van der Waals surface area contributed by atoms with Crippen molar-refractivity contribution in [1.29, 1.82) is 0 Å². The highest BCUT2D eigenvalue weighted by molar-refractivity contribution is 6.06. The standard InChI is InChI=1S/C22H21N5O/c1-15-24-19-13-16(9-11-20(19)27(15)18-7-5-4-6-8-18)22(28)25-17-10-12-21(23-14-17)26(2)3/h4-14H,1-3H3,(H,25,28). The quantitative estimate of drug-likeness (QED) is 0.588. The second-order valence-corrected chi connectivity index (χ2v) is 6.79. The zero-order valence-corrected chi connectivity index (χ0v) is 16.0. The fourth-order valence-corrected chi connectivity index (χ4v) is 3.17. The second kappa shape index (κ2) is 7.15. The van der Waals surface area contributed by atoms with Crippen molar-refractivity contribution in [3.63, 3.8) is 0 Å². The molecule has 0 aliphatic rings. The first-order valence-electron chi connectivity index (χ1n) is 9.02. The van der Waals surface area contributed by atoms with Crippen LogP contribution in [0.4, 0.5) is 11.5 Å². The van der Waals surface area contributed by atoms with Gasteiger partial charge in [0, 0.05) is 25.3 Å². The van der Waals surface area contributed by atoms with Gasteiger partial charge in [-0.05, 0) is 49.4 Å². The van der Waals surface area contributed by atoms with Crippen LogP contribution >= 0.6 is 0 Å². The summed E-state index contributed by atoms with van der Waals surface area (Å²) in [6, 6.07) is 19.3. The summed E-state index contributed by atoms with van der Waals surface area (Å²) < 4.78 is 2.08. The first-order valence-corrected chi connectivity index (χ1v) is 9.02. The highest BCUT2D eigenvalue weighted by atomic mass is 16.1. The molecule has 2 aromatic heterocycles. The van der Waals surface area contributed by atoms with Crippen molar-refractivity contribution in [2.45, 2.75) is 6.92 Å². The van der Waals surface area contributed by atoms with E-state index in [1.54, 1.807) is 6.20 Å². The molecule has 140 valence electrons. The summed E-state index contributed by atoms with van der Waals surface area (Å²) in [5, 5.41) is 2.89. The molecule has 4 aromatic rings. The Morgan fingerprint density at radius 2 is 1.82 bits per heavy atom. The fraction of sp³-hybridized carbons (Fsp3) is 0.136. The van der Waals surface area contributed by atoms with E-state index < -0.39 is 0 Å². The van der Waals surface area contributed by atoms with Crippen molar-refractivity contribution in [2.75, 3.05) is 24.3 Å². The van der Waals surface area contributed by atoms with Gasteiger partial charge in [0.05, 0.1) is 22.9 Å². The molecular formula is C22H21N5O. The molecule has 6 nitrogen and oxygen atoms in total. The predicted octanol–water partition coefficient (Wildman–Crippen LogP) is 4.05. The number of nitrogens with one attached hydrogen (secondary N) is 1. The summed E-state index contributed by atoms with van der Waals surface area (Å²) in [5.74, 6) is 1.52. The van der Waals surface area contributed by atoms with Crippen LogP contribution in [0, 0.1) is 6.92 Å². The molecule has 2 heterocycles. The number of anilines is 2. The van der Waals surface area contributed by atoms with E-state index in [1.165, 1.54) is 0 Å². The lowest BCUT2D eigenvalue weighted by molar-refractivity contribution is 0.102. The predicted molar refractivity (Wildman–Crippen MR) is 112 cm³/mol. The maximum atomic E-state index is 12.7. The summed E-state index contributed by atoms with van der Waals surface area (Å²) in [4.78, 5) is 23.5. The minimum Gasteiger partial charge on any atom is -0.363 e. The van der Waals surface area contributed by atoms with E-state index in [0.717, 1.165) is 28.4 Å². The number of nitrogens with zero attached hydrogens (tertiary/aromatic N) is 4. The SMILES string of the molecule is Cc1nc2cc(C(=O)Nc3ccc(N(C)C)nc3)ccc2n1-c1ccccc1. The Bertz CT molecular complexity index is 1130. The van der Waals surface area contributed by atoms with Gasteiger partial charge < -0.3 is 10.2 Å². The van der Waals surface area contributed by atoms with Crippen molar-refractivity contribution < 1.29 is 4.79 Å². The van der Waals surface area contributed by atoms with Crippen LogP contribution in [-0.4, -0.2) is 34.5 Å². The Labute approximate surface area is 163 Å². The van der Waals surface area contributed by atoms with Gasteiger partial charge in [0.15, 0.2) is 0 Å². The van der Waals surface area contributed by atoms with Crippen molar-refractivity contribution >= 4 is 28.4 Å². The lowest BCUT2D eigenvalue weighted by atomic mass is 10.2. The van der Waals surface area contributed by atoms with Gasteiger partial charge in [0.25, 0.3) is 5.91 Å². The first kappa shape index (κ1) is 17.7. The number of benzene rings is 2.